The van der Waals surface area contributed by atoms with E-state index in [9.17, 15) is 18.8 Å². The number of carbonyl (C=O) groups is 3. The van der Waals surface area contributed by atoms with Gasteiger partial charge in [0.15, 0.2) is 0 Å². The number of rotatable bonds is 5. The Bertz CT molecular complexity index is 1060. The molecular formula is C22H25FN4O4. The largest absolute Gasteiger partial charge is 0.387 e. The summed E-state index contributed by atoms with van der Waals surface area (Å²) in [5.74, 6) is -1.07. The molecule has 164 valence electrons. The molecule has 2 aliphatic heterocycles. The average Bonchev–Trinajstić information content (AvgIpc) is 3.38. The van der Waals surface area contributed by atoms with Crippen molar-refractivity contribution in [1.29, 1.82) is 0 Å². The van der Waals surface area contributed by atoms with Crippen molar-refractivity contribution in [1.82, 2.24) is 15.2 Å². The lowest BCUT2D eigenvalue weighted by atomic mass is 10.1. The van der Waals surface area contributed by atoms with E-state index in [0.717, 1.165) is 11.3 Å². The molecule has 31 heavy (non-hydrogen) atoms. The monoisotopic (exact) mass is 428 g/mol. The molecule has 1 saturated heterocycles. The fraction of sp³-hybridized carbons (Fsp3) is 0.409. The van der Waals surface area contributed by atoms with Gasteiger partial charge in [0.2, 0.25) is 11.8 Å². The highest BCUT2D eigenvalue weighted by molar-refractivity contribution is 6.01. The third kappa shape index (κ3) is 3.93. The Morgan fingerprint density at radius 3 is 2.84 bits per heavy atom. The van der Waals surface area contributed by atoms with E-state index in [1.165, 1.54) is 17.0 Å². The van der Waals surface area contributed by atoms with Crippen molar-refractivity contribution in [2.75, 3.05) is 24.6 Å². The van der Waals surface area contributed by atoms with E-state index >= 15 is 0 Å². The summed E-state index contributed by atoms with van der Waals surface area (Å²) in [7, 11) is 0. The van der Waals surface area contributed by atoms with Crippen LogP contribution in [0.2, 0.25) is 0 Å². The second-order valence-corrected chi connectivity index (χ2v) is 8.12. The van der Waals surface area contributed by atoms with Crippen LogP contribution < -0.4 is 10.2 Å². The van der Waals surface area contributed by atoms with Crippen molar-refractivity contribution in [3.05, 3.63) is 52.1 Å². The van der Waals surface area contributed by atoms with Gasteiger partial charge >= 0.3 is 0 Å². The Morgan fingerprint density at radius 1 is 1.32 bits per heavy atom. The Balaban J connectivity index is 1.49. The first-order valence-corrected chi connectivity index (χ1v) is 10.2. The van der Waals surface area contributed by atoms with Gasteiger partial charge < -0.3 is 25.2 Å². The van der Waals surface area contributed by atoms with Crippen LogP contribution >= 0.6 is 0 Å². The van der Waals surface area contributed by atoms with E-state index in [4.69, 9.17) is 5.11 Å². The summed E-state index contributed by atoms with van der Waals surface area (Å²) in [5.41, 5.74) is 4.05. The Morgan fingerprint density at radius 2 is 2.10 bits per heavy atom. The summed E-state index contributed by atoms with van der Waals surface area (Å²) in [5, 5.41) is 12.0. The molecule has 1 atom stereocenters. The van der Waals surface area contributed by atoms with Crippen LogP contribution in [0.5, 0.6) is 0 Å². The third-order valence-corrected chi connectivity index (χ3v) is 6.07. The topological polar surface area (TPSA) is 106 Å². The number of aryl methyl sites for hydroxylation is 1. The molecule has 2 aromatic rings. The highest BCUT2D eigenvalue weighted by Gasteiger charge is 2.31. The zero-order valence-electron chi connectivity index (χ0n) is 17.5. The van der Waals surface area contributed by atoms with Gasteiger partial charge in [-0.3, -0.25) is 14.4 Å². The molecule has 3 N–H and O–H groups in total. The van der Waals surface area contributed by atoms with Crippen molar-refractivity contribution >= 4 is 23.4 Å². The number of benzene rings is 1. The summed E-state index contributed by atoms with van der Waals surface area (Å²) >= 11 is 0. The minimum absolute atomic E-state index is 0.113. The zero-order valence-corrected chi connectivity index (χ0v) is 17.5. The normalized spacial score (nSPS) is 17.9. The molecule has 0 unspecified atom stereocenters. The SMILES string of the molecule is Cc1[nH]c(CN2C(=O)Cc3cc(F)ccc32)c(C)c1C(=O)N[C@H]1CCN(C(=O)CO)C1. The molecule has 9 heteroatoms. The first-order chi connectivity index (χ1) is 14.8. The molecule has 8 nitrogen and oxygen atoms in total. The average molecular weight is 428 g/mol. The summed E-state index contributed by atoms with van der Waals surface area (Å²) in [6.07, 6.45) is 0.784. The number of aliphatic hydroxyl groups is 1. The van der Waals surface area contributed by atoms with E-state index in [2.05, 4.69) is 10.3 Å². The number of carbonyl (C=O) groups excluding carboxylic acids is 3. The Labute approximate surface area is 179 Å². The highest BCUT2D eigenvalue weighted by Crippen LogP contribution is 2.32. The van der Waals surface area contributed by atoms with Gasteiger partial charge in [0.05, 0.1) is 18.5 Å². The quantitative estimate of drug-likeness (QED) is 0.665. The predicted molar refractivity (Wildman–Crippen MR) is 111 cm³/mol. The van der Waals surface area contributed by atoms with Crippen molar-refractivity contribution < 1.29 is 23.9 Å². The van der Waals surface area contributed by atoms with Crippen LogP contribution in [-0.2, 0) is 22.6 Å². The number of aromatic amines is 1. The standard InChI is InChI=1S/C22H25FN4O4/c1-12-17(10-27-18-4-3-15(23)7-14(18)8-19(27)29)24-13(2)21(12)22(31)25-16-5-6-26(9-16)20(30)11-28/h3-4,7,16,24,28H,5-6,8-11H2,1-2H3,(H,25,31)/t16-/m0/s1. The molecule has 2 aliphatic rings. The second kappa shape index (κ2) is 8.14. The Kier molecular flexibility index (Phi) is 5.53. The molecule has 0 saturated carbocycles. The lowest BCUT2D eigenvalue weighted by Crippen LogP contribution is -2.39. The number of halogens is 1. The molecule has 4 rings (SSSR count). The number of hydrogen-bond acceptors (Lipinski definition) is 4. The molecule has 0 bridgehead atoms. The molecule has 0 spiro atoms. The van der Waals surface area contributed by atoms with Crippen LogP contribution in [0.1, 0.15) is 39.3 Å². The molecule has 0 radical (unpaired) electrons. The van der Waals surface area contributed by atoms with Crippen molar-refractivity contribution in [2.24, 2.45) is 0 Å². The Hall–Kier alpha value is -3.20. The number of nitrogens with one attached hydrogen (secondary N) is 2. The number of nitrogens with zero attached hydrogens (tertiary/aromatic N) is 2. The van der Waals surface area contributed by atoms with Gasteiger partial charge in [0.1, 0.15) is 12.4 Å². The first kappa shape index (κ1) is 21.0. The minimum Gasteiger partial charge on any atom is -0.387 e. The summed E-state index contributed by atoms with van der Waals surface area (Å²) in [6, 6.07) is 4.14. The van der Waals surface area contributed by atoms with Crippen LogP contribution in [0.4, 0.5) is 10.1 Å². The van der Waals surface area contributed by atoms with E-state index in [1.54, 1.807) is 17.9 Å². The van der Waals surface area contributed by atoms with E-state index in [0.29, 0.717) is 42.0 Å². The van der Waals surface area contributed by atoms with Crippen LogP contribution in [-0.4, -0.2) is 58.5 Å². The number of likely N-dealkylation sites (tertiary alicyclic amines) is 1. The summed E-state index contributed by atoms with van der Waals surface area (Å²) < 4.78 is 13.5. The van der Waals surface area contributed by atoms with Crippen LogP contribution in [0.25, 0.3) is 0 Å². The van der Waals surface area contributed by atoms with Gasteiger partial charge in [-0.05, 0) is 49.6 Å². The number of anilines is 1. The van der Waals surface area contributed by atoms with Crippen LogP contribution in [0, 0.1) is 19.7 Å². The number of aliphatic hydroxyl groups excluding tert-OH is 1. The summed E-state index contributed by atoms with van der Waals surface area (Å²) in [4.78, 5) is 43.4. The van der Waals surface area contributed by atoms with E-state index in [1.807, 2.05) is 6.92 Å². The third-order valence-electron chi connectivity index (χ3n) is 6.07. The maximum Gasteiger partial charge on any atom is 0.253 e. The smallest absolute Gasteiger partial charge is 0.253 e. The van der Waals surface area contributed by atoms with Crippen molar-refractivity contribution in [3.63, 3.8) is 0 Å². The first-order valence-electron chi connectivity index (χ1n) is 10.2. The number of H-pyrrole nitrogens is 1. The number of hydrogen-bond donors (Lipinski definition) is 3. The van der Waals surface area contributed by atoms with Gasteiger partial charge in [-0.2, -0.15) is 0 Å². The molecule has 1 aromatic heterocycles. The zero-order chi connectivity index (χ0) is 22.3. The minimum atomic E-state index is -0.537. The maximum absolute atomic E-state index is 13.5. The lowest BCUT2D eigenvalue weighted by Gasteiger charge is -2.18. The van der Waals surface area contributed by atoms with E-state index < -0.39 is 6.61 Å². The van der Waals surface area contributed by atoms with E-state index in [-0.39, 0.29) is 42.5 Å². The molecule has 1 aromatic carbocycles. The van der Waals surface area contributed by atoms with Crippen LogP contribution in [0.3, 0.4) is 0 Å². The van der Waals surface area contributed by atoms with Gasteiger partial charge in [-0.1, -0.05) is 0 Å². The molecular weight excluding hydrogens is 403 g/mol. The van der Waals surface area contributed by atoms with Crippen molar-refractivity contribution in [2.45, 2.75) is 39.3 Å². The molecule has 0 aliphatic carbocycles. The van der Waals surface area contributed by atoms with Gasteiger partial charge in [0, 0.05) is 36.2 Å². The number of aromatic nitrogens is 1. The number of fused-ring (bicyclic) bond motifs is 1. The fourth-order valence-electron chi connectivity index (χ4n) is 4.46. The molecule has 1 fully saturated rings. The van der Waals surface area contributed by atoms with Crippen LogP contribution in [0.15, 0.2) is 18.2 Å². The van der Waals surface area contributed by atoms with Gasteiger partial charge in [0.25, 0.3) is 5.91 Å². The maximum atomic E-state index is 13.5. The second-order valence-electron chi connectivity index (χ2n) is 8.12. The van der Waals surface area contributed by atoms with Gasteiger partial charge in [-0.25, -0.2) is 4.39 Å². The number of amides is 3. The fourth-order valence-corrected chi connectivity index (χ4v) is 4.46. The molecule has 3 heterocycles. The summed E-state index contributed by atoms with van der Waals surface area (Å²) in [6.45, 7) is 4.23. The molecule has 3 amide bonds. The highest BCUT2D eigenvalue weighted by atomic mass is 19.1. The predicted octanol–water partition coefficient (Wildman–Crippen LogP) is 1.18. The lowest BCUT2D eigenvalue weighted by molar-refractivity contribution is -0.133. The van der Waals surface area contributed by atoms with Crippen molar-refractivity contribution in [3.8, 4) is 0 Å². The van der Waals surface area contributed by atoms with Gasteiger partial charge in [-0.15, -0.1) is 0 Å².